The Morgan fingerprint density at radius 1 is 0.375 bits per heavy atom. The van der Waals surface area contributed by atoms with E-state index in [0.717, 1.165) is 0 Å². The van der Waals surface area contributed by atoms with E-state index < -0.39 is 0 Å². The zero-order valence-corrected chi connectivity index (χ0v) is 27.2. The van der Waals surface area contributed by atoms with E-state index in [1.54, 1.807) is 0 Å². The molecule has 4 aliphatic heterocycles. The van der Waals surface area contributed by atoms with Crippen LogP contribution in [0.1, 0.15) is 0 Å². The van der Waals surface area contributed by atoms with Crippen molar-refractivity contribution in [2.75, 3.05) is 0 Å². The first-order chi connectivity index (χ1) is 23.8. The van der Waals surface area contributed by atoms with E-state index in [2.05, 4.69) is 142 Å². The quantitative estimate of drug-likeness (QED) is 0.155. The summed E-state index contributed by atoms with van der Waals surface area (Å²) in [5.41, 5.74) is 16.5. The molecule has 0 saturated heterocycles. The molecule has 0 spiro atoms. The average Bonchev–Trinajstić information content (AvgIpc) is 3.66. The lowest BCUT2D eigenvalue weighted by Gasteiger charge is -2.38. The van der Waals surface area contributed by atoms with Gasteiger partial charge >= 0.3 is 13.7 Å². The van der Waals surface area contributed by atoms with E-state index in [9.17, 15) is 0 Å². The van der Waals surface area contributed by atoms with Crippen molar-refractivity contribution in [3.8, 4) is 22.3 Å². The summed E-state index contributed by atoms with van der Waals surface area (Å²) in [6.45, 7) is 0.240. The van der Waals surface area contributed by atoms with Crippen LogP contribution in [0.3, 0.4) is 0 Å². The molecule has 218 valence electrons. The van der Waals surface area contributed by atoms with Crippen molar-refractivity contribution in [3.05, 3.63) is 133 Å². The monoisotopic (exact) mass is 640 g/mol. The molecule has 0 N–H and O–H groups in total. The molecule has 6 heteroatoms. The van der Waals surface area contributed by atoms with E-state index in [1.807, 2.05) is 23.5 Å². The smallest absolute Gasteiger partial charge is 0.331 e. The second-order valence-electron chi connectivity index (χ2n) is 13.5. The molecule has 48 heavy (non-hydrogen) atoms. The molecule has 0 unspecified atom stereocenters. The lowest BCUT2D eigenvalue weighted by Crippen LogP contribution is -2.58. The predicted octanol–water partition coefficient (Wildman–Crippen LogP) is 8.10. The largest absolute Gasteiger partial charge is 0.375 e. The van der Waals surface area contributed by atoms with Gasteiger partial charge in [-0.25, -0.2) is 0 Å². The highest BCUT2D eigenvalue weighted by Crippen LogP contribution is 2.48. The van der Waals surface area contributed by atoms with E-state index in [0.29, 0.717) is 0 Å². The topological polar surface area (TPSA) is 9.86 Å². The molecule has 0 saturated carbocycles. The Kier molecular flexibility index (Phi) is 4.44. The van der Waals surface area contributed by atoms with Crippen molar-refractivity contribution in [3.63, 3.8) is 0 Å². The van der Waals surface area contributed by atoms with Crippen molar-refractivity contribution >= 4 is 103 Å². The van der Waals surface area contributed by atoms with Gasteiger partial charge in [0.05, 0.1) is 0 Å². The molecule has 2 nitrogen and oxygen atoms in total. The Bertz CT molecular complexity index is 2790. The Balaban J connectivity index is 1.14. The number of hydrogen-bond donors (Lipinski definition) is 0. The van der Waals surface area contributed by atoms with Crippen LogP contribution in [-0.2, 0) is 0 Å². The van der Waals surface area contributed by atoms with Crippen molar-refractivity contribution in [2.24, 2.45) is 0 Å². The summed E-state index contributed by atoms with van der Waals surface area (Å²) in [4.78, 5) is 5.59. The van der Waals surface area contributed by atoms with Gasteiger partial charge in [-0.1, -0.05) is 133 Å². The van der Waals surface area contributed by atoms with Gasteiger partial charge in [0, 0.05) is 74.3 Å². The van der Waals surface area contributed by atoms with E-state index in [4.69, 9.17) is 0 Å². The van der Waals surface area contributed by atoms with Crippen LogP contribution in [0.25, 0.3) is 65.9 Å². The summed E-state index contributed by atoms with van der Waals surface area (Å²) in [6, 6.07) is 50.7. The second-order valence-corrected chi connectivity index (χ2v) is 15.6. The van der Waals surface area contributed by atoms with Gasteiger partial charge in [-0.2, -0.15) is 0 Å². The third-order valence-electron chi connectivity index (χ3n) is 11.4. The SMILES string of the molecule is c1cc2c3c(c1)-c1cccc4c5ccccc5n(c14)B3c1ccc3c(c1S2)Sc1cccc2c1B3n1c3ccccc3c3cccc-2c31. The Morgan fingerprint density at radius 2 is 0.792 bits per heavy atom. The van der Waals surface area contributed by atoms with Gasteiger partial charge in [-0.15, -0.1) is 0 Å². The van der Waals surface area contributed by atoms with Gasteiger partial charge in [-0.3, -0.25) is 0 Å². The van der Waals surface area contributed by atoms with Crippen molar-refractivity contribution in [1.29, 1.82) is 0 Å². The lowest BCUT2D eigenvalue weighted by atomic mass is 9.44. The normalized spacial score (nSPS) is 14.4. The molecule has 0 atom stereocenters. The predicted molar refractivity (Wildman–Crippen MR) is 205 cm³/mol. The van der Waals surface area contributed by atoms with Crippen molar-refractivity contribution in [2.45, 2.75) is 19.6 Å². The number of rotatable bonds is 0. The minimum absolute atomic E-state index is 0.120. The fraction of sp³-hybridized carbons (Fsp3) is 0. The molecule has 2 aromatic heterocycles. The molecular weight excluding hydrogens is 618 g/mol. The zero-order chi connectivity index (χ0) is 30.8. The van der Waals surface area contributed by atoms with Crippen LogP contribution in [0, 0.1) is 0 Å². The Morgan fingerprint density at radius 3 is 1.29 bits per heavy atom. The fourth-order valence-corrected chi connectivity index (χ4v) is 12.3. The maximum absolute atomic E-state index is 2.66. The van der Waals surface area contributed by atoms with Crippen LogP contribution in [0.2, 0.25) is 0 Å². The number of benzene rings is 7. The van der Waals surface area contributed by atoms with Gasteiger partial charge in [0.2, 0.25) is 0 Å². The van der Waals surface area contributed by atoms with Crippen molar-refractivity contribution in [1.82, 2.24) is 8.96 Å². The number of hydrogen-bond acceptors (Lipinski definition) is 2. The molecule has 6 heterocycles. The molecule has 0 radical (unpaired) electrons. The maximum Gasteiger partial charge on any atom is 0.331 e. The van der Waals surface area contributed by atoms with Crippen LogP contribution in [0.4, 0.5) is 0 Å². The Labute approximate surface area is 285 Å². The minimum atomic E-state index is 0.120. The molecule has 0 fully saturated rings. The minimum Gasteiger partial charge on any atom is -0.375 e. The van der Waals surface area contributed by atoms with Crippen LogP contribution in [0.5, 0.6) is 0 Å². The molecule has 0 aliphatic carbocycles. The third-order valence-corrected chi connectivity index (χ3v) is 14.0. The number of aromatic nitrogens is 2. The lowest BCUT2D eigenvalue weighted by molar-refractivity contribution is 1.21. The summed E-state index contributed by atoms with van der Waals surface area (Å²) in [5.74, 6) is 0. The molecule has 9 aromatic rings. The standard InChI is InChI=1S/C42H22B2N2S2/c1-3-17-33-23(9-1)27-13-5-15-29-25-11-7-19-35-37(25)43(45(33)39(27)29)31-21-22-32-42(41(31)47-35)48-36-20-8-12-26-30-16-6-14-28-24-10-2-4-18-34(24)46(40(28)30)44(32)38(26)36/h1-22H. The summed E-state index contributed by atoms with van der Waals surface area (Å²) in [5, 5.41) is 5.36. The zero-order valence-electron chi connectivity index (χ0n) is 25.6. The van der Waals surface area contributed by atoms with Crippen LogP contribution >= 0.6 is 23.5 Å². The van der Waals surface area contributed by atoms with Gasteiger partial charge in [0.25, 0.3) is 0 Å². The van der Waals surface area contributed by atoms with E-state index >= 15 is 0 Å². The number of para-hydroxylation sites is 4. The number of nitrogens with zero attached hydrogens (tertiary/aromatic N) is 2. The van der Waals surface area contributed by atoms with Gasteiger partial charge in [-0.05, 0) is 57.2 Å². The van der Waals surface area contributed by atoms with Crippen LogP contribution in [0.15, 0.2) is 153 Å². The Hall–Kier alpha value is -5.03. The molecule has 7 aromatic carbocycles. The highest BCUT2D eigenvalue weighted by Gasteiger charge is 2.45. The van der Waals surface area contributed by atoms with Crippen LogP contribution < -0.4 is 21.9 Å². The van der Waals surface area contributed by atoms with Crippen molar-refractivity contribution < 1.29 is 0 Å². The first kappa shape index (κ1) is 25.0. The highest BCUT2D eigenvalue weighted by molar-refractivity contribution is 8.03. The summed E-state index contributed by atoms with van der Waals surface area (Å²) in [7, 11) is 0. The first-order valence-corrected chi connectivity index (χ1v) is 18.3. The van der Waals surface area contributed by atoms with E-state index in [1.165, 1.54) is 107 Å². The van der Waals surface area contributed by atoms with Gasteiger partial charge in [0.15, 0.2) is 0 Å². The molecule has 0 amide bonds. The fourth-order valence-electron chi connectivity index (χ4n) is 9.68. The summed E-state index contributed by atoms with van der Waals surface area (Å²) in [6.07, 6.45) is 0. The first-order valence-electron chi connectivity index (χ1n) is 16.7. The molecule has 0 bridgehead atoms. The summed E-state index contributed by atoms with van der Waals surface area (Å²) < 4.78 is 5.33. The maximum atomic E-state index is 2.66. The van der Waals surface area contributed by atoms with Gasteiger partial charge in [0.1, 0.15) is 0 Å². The van der Waals surface area contributed by atoms with Gasteiger partial charge < -0.3 is 8.96 Å². The van der Waals surface area contributed by atoms with Crippen LogP contribution in [-0.4, -0.2) is 22.7 Å². The number of fused-ring (bicyclic) bond motifs is 15. The molecular formula is C42H22B2N2S2. The molecule has 4 aliphatic rings. The highest BCUT2D eigenvalue weighted by atomic mass is 32.2. The third kappa shape index (κ3) is 2.76. The van der Waals surface area contributed by atoms with E-state index in [-0.39, 0.29) is 13.7 Å². The second kappa shape index (κ2) is 8.51. The average molecular weight is 640 g/mol. The summed E-state index contributed by atoms with van der Waals surface area (Å²) >= 11 is 3.97. The molecule has 13 rings (SSSR count).